The van der Waals surface area contributed by atoms with E-state index >= 15 is 0 Å². The average molecular weight is 269 g/mol. The molecule has 0 saturated heterocycles. The van der Waals surface area contributed by atoms with Crippen molar-refractivity contribution < 1.29 is 0 Å². The van der Waals surface area contributed by atoms with Crippen LogP contribution in [0, 0.1) is 6.92 Å². The van der Waals surface area contributed by atoms with Gasteiger partial charge in [-0.1, -0.05) is 0 Å². The fraction of sp³-hybridized carbons (Fsp3) is 0.100. The first-order chi connectivity index (χ1) is 6.68. The molecular weight excluding hydrogens is 260 g/mol. The molecule has 0 aliphatic rings. The number of rotatable bonds is 1. The van der Waals surface area contributed by atoms with Crippen molar-refractivity contribution in [2.45, 2.75) is 6.92 Å². The lowest BCUT2D eigenvalue weighted by atomic mass is 10.1. The Morgan fingerprint density at radius 2 is 2.21 bits per heavy atom. The van der Waals surface area contributed by atoms with E-state index in [1.165, 1.54) is 0 Å². The fourth-order valence-corrected chi connectivity index (χ4v) is 2.80. The highest BCUT2D eigenvalue weighted by atomic mass is 79.9. The van der Waals surface area contributed by atoms with E-state index in [1.807, 2.05) is 18.4 Å². The number of thiophene rings is 1. The summed E-state index contributed by atoms with van der Waals surface area (Å²) < 4.78 is 1.09. The Hall–Kier alpha value is -0.870. The van der Waals surface area contributed by atoms with Crippen LogP contribution in [0.15, 0.2) is 27.5 Å². The molecule has 0 atom stereocenters. The van der Waals surface area contributed by atoms with Gasteiger partial charge in [0.05, 0.1) is 17.6 Å². The average Bonchev–Trinajstić information content (AvgIpc) is 2.52. The lowest BCUT2D eigenvalue weighted by Crippen LogP contribution is -1.91. The number of hydrogen-bond donors (Lipinski definition) is 1. The number of aromatic nitrogens is 1. The van der Waals surface area contributed by atoms with Crippen LogP contribution in [0.5, 0.6) is 0 Å². The summed E-state index contributed by atoms with van der Waals surface area (Å²) in [5.74, 6) is 0. The number of nitrogen functional groups attached to an aromatic ring is 1. The number of pyridine rings is 1. The molecule has 0 unspecified atom stereocenters. The maximum absolute atomic E-state index is 5.65. The van der Waals surface area contributed by atoms with E-state index < -0.39 is 0 Å². The third-order valence-electron chi connectivity index (χ3n) is 1.97. The quantitative estimate of drug-likeness (QED) is 0.861. The zero-order valence-electron chi connectivity index (χ0n) is 7.62. The van der Waals surface area contributed by atoms with E-state index in [0.29, 0.717) is 5.69 Å². The Bertz CT molecular complexity index is 465. The summed E-state index contributed by atoms with van der Waals surface area (Å²) in [6.07, 6.45) is 1.69. The molecule has 0 aliphatic heterocycles. The SMILES string of the molecule is Cc1cc(N)cnc1-c1cscc1Br. The van der Waals surface area contributed by atoms with Crippen molar-refractivity contribution in [2.24, 2.45) is 0 Å². The summed E-state index contributed by atoms with van der Waals surface area (Å²) in [6, 6.07) is 1.94. The van der Waals surface area contributed by atoms with Crippen LogP contribution < -0.4 is 5.73 Å². The summed E-state index contributed by atoms with van der Waals surface area (Å²) >= 11 is 5.15. The molecule has 0 saturated carbocycles. The summed E-state index contributed by atoms with van der Waals surface area (Å²) in [7, 11) is 0. The highest BCUT2D eigenvalue weighted by molar-refractivity contribution is 9.10. The molecule has 2 heterocycles. The van der Waals surface area contributed by atoms with Crippen molar-refractivity contribution in [2.75, 3.05) is 5.73 Å². The first kappa shape index (κ1) is 9.68. The smallest absolute Gasteiger partial charge is 0.0752 e. The molecule has 2 N–H and O–H groups in total. The summed E-state index contributed by atoms with van der Waals surface area (Å²) in [5, 5.41) is 4.13. The third-order valence-corrected chi connectivity index (χ3v) is 3.67. The summed E-state index contributed by atoms with van der Waals surface area (Å²) in [4.78, 5) is 4.33. The predicted molar refractivity (Wildman–Crippen MR) is 64.4 cm³/mol. The summed E-state index contributed by atoms with van der Waals surface area (Å²) in [6.45, 7) is 2.02. The molecule has 2 aromatic rings. The van der Waals surface area contributed by atoms with Crippen molar-refractivity contribution in [1.82, 2.24) is 4.98 Å². The Morgan fingerprint density at radius 1 is 1.43 bits per heavy atom. The van der Waals surface area contributed by atoms with Gasteiger partial charge in [0.2, 0.25) is 0 Å². The number of nitrogens with zero attached hydrogens (tertiary/aromatic N) is 1. The van der Waals surface area contributed by atoms with Crippen LogP contribution in [0.4, 0.5) is 5.69 Å². The number of nitrogens with two attached hydrogens (primary N) is 1. The second-order valence-electron chi connectivity index (χ2n) is 3.07. The zero-order chi connectivity index (χ0) is 10.1. The molecule has 0 fully saturated rings. The van der Waals surface area contributed by atoms with E-state index in [-0.39, 0.29) is 0 Å². The zero-order valence-corrected chi connectivity index (χ0v) is 10.0. The highest BCUT2D eigenvalue weighted by Gasteiger charge is 2.08. The standard InChI is InChI=1S/C10H9BrN2S/c1-6-2-7(12)3-13-10(6)8-4-14-5-9(8)11/h2-5H,12H2,1H3. The van der Waals surface area contributed by atoms with Crippen LogP contribution in [-0.2, 0) is 0 Å². The maximum atomic E-state index is 5.65. The van der Waals surface area contributed by atoms with E-state index in [4.69, 9.17) is 5.73 Å². The van der Waals surface area contributed by atoms with Crippen molar-refractivity contribution in [3.63, 3.8) is 0 Å². The molecule has 0 aliphatic carbocycles. The topological polar surface area (TPSA) is 38.9 Å². The van der Waals surface area contributed by atoms with Gasteiger partial charge in [-0.15, -0.1) is 0 Å². The third kappa shape index (κ3) is 1.67. The molecule has 4 heteroatoms. The highest BCUT2D eigenvalue weighted by Crippen LogP contribution is 2.32. The van der Waals surface area contributed by atoms with Crippen molar-refractivity contribution in [1.29, 1.82) is 0 Å². The number of halogens is 1. The Kier molecular flexibility index (Phi) is 2.56. The van der Waals surface area contributed by atoms with Gasteiger partial charge in [0.1, 0.15) is 0 Å². The minimum Gasteiger partial charge on any atom is -0.397 e. The first-order valence-electron chi connectivity index (χ1n) is 4.12. The van der Waals surface area contributed by atoms with Crippen LogP contribution in [0.2, 0.25) is 0 Å². The fourth-order valence-electron chi connectivity index (χ4n) is 1.33. The minimum atomic E-state index is 0.706. The van der Waals surface area contributed by atoms with Gasteiger partial charge >= 0.3 is 0 Å². The first-order valence-corrected chi connectivity index (χ1v) is 5.86. The molecule has 72 valence electrons. The van der Waals surface area contributed by atoms with Crippen molar-refractivity contribution >= 4 is 33.0 Å². The molecule has 14 heavy (non-hydrogen) atoms. The number of hydrogen-bond acceptors (Lipinski definition) is 3. The monoisotopic (exact) mass is 268 g/mol. The molecule has 2 nitrogen and oxygen atoms in total. The van der Waals surface area contributed by atoms with E-state index in [9.17, 15) is 0 Å². The van der Waals surface area contributed by atoms with Crippen LogP contribution >= 0.6 is 27.3 Å². The normalized spacial score (nSPS) is 10.4. The van der Waals surface area contributed by atoms with Gasteiger partial charge < -0.3 is 5.73 Å². The molecule has 0 bridgehead atoms. The van der Waals surface area contributed by atoms with Gasteiger partial charge in [-0.25, -0.2) is 0 Å². The maximum Gasteiger partial charge on any atom is 0.0752 e. The van der Waals surface area contributed by atoms with Crippen LogP contribution in [-0.4, -0.2) is 4.98 Å². The van der Waals surface area contributed by atoms with Crippen LogP contribution in [0.3, 0.4) is 0 Å². The van der Waals surface area contributed by atoms with Crippen LogP contribution in [0.1, 0.15) is 5.56 Å². The van der Waals surface area contributed by atoms with Gasteiger partial charge in [-0.2, -0.15) is 11.3 Å². The molecule has 0 aromatic carbocycles. The van der Waals surface area contributed by atoms with Gasteiger partial charge in [-0.05, 0) is 34.5 Å². The predicted octanol–water partition coefficient (Wildman–Crippen LogP) is 3.46. The van der Waals surface area contributed by atoms with E-state index in [1.54, 1.807) is 17.5 Å². The largest absolute Gasteiger partial charge is 0.397 e. The molecule has 0 spiro atoms. The second-order valence-corrected chi connectivity index (χ2v) is 4.67. The van der Waals surface area contributed by atoms with E-state index in [0.717, 1.165) is 21.3 Å². The minimum absolute atomic E-state index is 0.706. The lowest BCUT2D eigenvalue weighted by Gasteiger charge is -2.04. The van der Waals surface area contributed by atoms with Crippen LogP contribution in [0.25, 0.3) is 11.3 Å². The van der Waals surface area contributed by atoms with Gasteiger partial charge in [-0.3, -0.25) is 4.98 Å². The number of aryl methyl sites for hydroxylation is 1. The van der Waals surface area contributed by atoms with Crippen molar-refractivity contribution in [3.05, 3.63) is 33.1 Å². The Labute approximate surface area is 94.9 Å². The Balaban J connectivity index is 2.58. The lowest BCUT2D eigenvalue weighted by molar-refractivity contribution is 1.28. The molecule has 2 aromatic heterocycles. The van der Waals surface area contributed by atoms with Gasteiger partial charge in [0, 0.05) is 20.8 Å². The molecule has 0 radical (unpaired) electrons. The molecule has 0 amide bonds. The second kappa shape index (κ2) is 3.71. The molecular formula is C10H9BrN2S. The molecule has 2 rings (SSSR count). The summed E-state index contributed by atoms with van der Waals surface area (Å²) in [5.41, 5.74) is 9.58. The van der Waals surface area contributed by atoms with E-state index in [2.05, 4.69) is 26.3 Å². The Morgan fingerprint density at radius 3 is 2.79 bits per heavy atom. The van der Waals surface area contributed by atoms with Crippen molar-refractivity contribution in [3.8, 4) is 11.3 Å². The van der Waals surface area contributed by atoms with Gasteiger partial charge in [0.15, 0.2) is 0 Å². The van der Waals surface area contributed by atoms with Gasteiger partial charge in [0.25, 0.3) is 0 Å². The number of anilines is 1.